The summed E-state index contributed by atoms with van der Waals surface area (Å²) >= 11 is 1.13. The van der Waals surface area contributed by atoms with Crippen LogP contribution in [0, 0.1) is 18.6 Å². The molecule has 0 saturated heterocycles. The third-order valence-electron chi connectivity index (χ3n) is 3.40. The molecule has 0 bridgehead atoms. The highest BCUT2D eigenvalue weighted by Gasteiger charge is 2.15. The summed E-state index contributed by atoms with van der Waals surface area (Å²) in [7, 11) is -3.46. The van der Waals surface area contributed by atoms with Gasteiger partial charge in [-0.05, 0) is 48.9 Å². The van der Waals surface area contributed by atoms with E-state index in [0.29, 0.717) is 5.03 Å². The summed E-state index contributed by atoms with van der Waals surface area (Å²) in [6.45, 7) is 1.86. The number of pyridine rings is 1. The zero-order valence-corrected chi connectivity index (χ0v) is 14.0. The van der Waals surface area contributed by atoms with Gasteiger partial charge in [0.15, 0.2) is 9.84 Å². The molecular formula is C16H13F2NO2S2. The largest absolute Gasteiger partial charge is 0.308 e. The first-order valence-electron chi connectivity index (χ1n) is 6.70. The molecule has 0 aliphatic carbocycles. The van der Waals surface area contributed by atoms with Crippen LogP contribution in [0.1, 0.15) is 5.56 Å². The van der Waals surface area contributed by atoms with Gasteiger partial charge in [-0.3, -0.25) is 0 Å². The Labute approximate surface area is 136 Å². The second kappa shape index (κ2) is 5.65. The molecular weight excluding hydrogens is 340 g/mol. The third-order valence-corrected chi connectivity index (χ3v) is 5.78. The molecule has 3 rings (SSSR count). The molecule has 2 aromatic heterocycles. The number of sulfone groups is 1. The Morgan fingerprint density at radius 2 is 1.83 bits per heavy atom. The zero-order chi connectivity index (χ0) is 16.8. The van der Waals surface area contributed by atoms with Crippen molar-refractivity contribution in [1.82, 2.24) is 4.40 Å². The molecule has 0 atom stereocenters. The highest BCUT2D eigenvalue weighted by molar-refractivity contribution is 7.99. The summed E-state index contributed by atoms with van der Waals surface area (Å²) in [6.07, 6.45) is 2.37. The topological polar surface area (TPSA) is 38.5 Å². The molecule has 0 spiro atoms. The van der Waals surface area contributed by atoms with Gasteiger partial charge in [0, 0.05) is 22.9 Å². The monoisotopic (exact) mass is 353 g/mol. The predicted molar refractivity (Wildman–Crippen MR) is 85.7 cm³/mol. The highest BCUT2D eigenvalue weighted by Crippen LogP contribution is 2.34. The van der Waals surface area contributed by atoms with E-state index in [2.05, 4.69) is 0 Å². The lowest BCUT2D eigenvalue weighted by atomic mass is 10.3. The molecule has 0 fully saturated rings. The summed E-state index contributed by atoms with van der Waals surface area (Å²) < 4.78 is 52.2. The number of halogens is 2. The first kappa shape index (κ1) is 16.0. The molecule has 0 unspecified atom stereocenters. The van der Waals surface area contributed by atoms with Crippen LogP contribution in [0.4, 0.5) is 8.78 Å². The molecule has 7 heteroatoms. The molecule has 23 heavy (non-hydrogen) atoms. The smallest absolute Gasteiger partial charge is 0.175 e. The number of nitrogens with zero attached hydrogens (tertiary/aromatic N) is 1. The van der Waals surface area contributed by atoms with Gasteiger partial charge in [0.05, 0.1) is 9.92 Å². The number of benzene rings is 1. The molecule has 1 aromatic carbocycles. The third kappa shape index (κ3) is 3.11. The average molecular weight is 353 g/mol. The lowest BCUT2D eigenvalue weighted by Gasteiger charge is -2.07. The maximum atomic E-state index is 14.2. The standard InChI is InChI=1S/C16H13F2NO2S2/c1-10-7-12-4-3-11(17)9-19(12)16(10)22-15-6-5-13(8-14(15)18)23(2,20)21/h3-9H,1-2H3. The molecule has 0 amide bonds. The van der Waals surface area contributed by atoms with Gasteiger partial charge in [-0.2, -0.15) is 0 Å². The molecule has 120 valence electrons. The maximum absolute atomic E-state index is 14.2. The second-order valence-corrected chi connectivity index (χ2v) is 8.29. The van der Waals surface area contributed by atoms with Gasteiger partial charge in [-0.1, -0.05) is 11.8 Å². The molecule has 3 aromatic rings. The van der Waals surface area contributed by atoms with E-state index < -0.39 is 15.7 Å². The van der Waals surface area contributed by atoms with Crippen molar-refractivity contribution in [3.63, 3.8) is 0 Å². The highest BCUT2D eigenvalue weighted by atomic mass is 32.2. The van der Waals surface area contributed by atoms with Crippen molar-refractivity contribution in [2.75, 3.05) is 6.26 Å². The molecule has 0 N–H and O–H groups in total. The Hall–Kier alpha value is -1.86. The molecule has 0 radical (unpaired) electrons. The van der Waals surface area contributed by atoms with Crippen LogP contribution in [0.5, 0.6) is 0 Å². The van der Waals surface area contributed by atoms with Crippen LogP contribution in [-0.4, -0.2) is 19.1 Å². The Morgan fingerprint density at radius 3 is 2.48 bits per heavy atom. The minimum absolute atomic E-state index is 0.0675. The second-order valence-electron chi connectivity index (χ2n) is 5.24. The van der Waals surface area contributed by atoms with Crippen LogP contribution in [0.3, 0.4) is 0 Å². The van der Waals surface area contributed by atoms with E-state index in [1.165, 1.54) is 24.4 Å². The number of rotatable bonds is 3. The van der Waals surface area contributed by atoms with Crippen LogP contribution in [0.2, 0.25) is 0 Å². The quantitative estimate of drug-likeness (QED) is 0.712. The summed E-state index contributed by atoms with van der Waals surface area (Å²) in [5.41, 5.74) is 1.69. The Bertz CT molecular complexity index is 1010. The van der Waals surface area contributed by atoms with Crippen molar-refractivity contribution >= 4 is 27.1 Å². The molecule has 0 aliphatic rings. The number of hydrogen-bond acceptors (Lipinski definition) is 3. The fraction of sp³-hybridized carbons (Fsp3) is 0.125. The predicted octanol–water partition coefficient (Wildman–Crippen LogP) is 4.08. The average Bonchev–Trinajstić information content (AvgIpc) is 2.76. The van der Waals surface area contributed by atoms with Crippen LogP contribution >= 0.6 is 11.8 Å². The molecule has 0 aliphatic heterocycles. The SMILES string of the molecule is Cc1cc2ccc(F)cn2c1Sc1ccc(S(C)(=O)=O)cc1F. The van der Waals surface area contributed by atoms with Crippen molar-refractivity contribution in [3.8, 4) is 0 Å². The van der Waals surface area contributed by atoms with Gasteiger partial charge in [0.1, 0.15) is 11.6 Å². The first-order valence-corrected chi connectivity index (χ1v) is 9.41. The fourth-order valence-electron chi connectivity index (χ4n) is 2.28. The molecule has 3 nitrogen and oxygen atoms in total. The Balaban J connectivity index is 2.06. The van der Waals surface area contributed by atoms with Crippen molar-refractivity contribution in [2.45, 2.75) is 21.7 Å². The van der Waals surface area contributed by atoms with Crippen LogP contribution in [0.25, 0.3) is 5.52 Å². The lowest BCUT2D eigenvalue weighted by molar-refractivity contribution is 0.585. The minimum Gasteiger partial charge on any atom is -0.308 e. The van der Waals surface area contributed by atoms with E-state index in [-0.39, 0.29) is 15.6 Å². The number of hydrogen-bond donors (Lipinski definition) is 0. The number of aromatic nitrogens is 1. The Morgan fingerprint density at radius 1 is 1.09 bits per heavy atom. The van der Waals surface area contributed by atoms with Crippen LogP contribution < -0.4 is 0 Å². The number of fused-ring (bicyclic) bond motifs is 1. The van der Waals surface area contributed by atoms with E-state index in [4.69, 9.17) is 0 Å². The van der Waals surface area contributed by atoms with E-state index in [0.717, 1.165) is 35.2 Å². The number of aryl methyl sites for hydroxylation is 1. The lowest BCUT2D eigenvalue weighted by Crippen LogP contribution is -1.98. The minimum atomic E-state index is -3.46. The van der Waals surface area contributed by atoms with Gasteiger partial charge in [0.25, 0.3) is 0 Å². The van der Waals surface area contributed by atoms with Crippen LogP contribution in [-0.2, 0) is 9.84 Å². The van der Waals surface area contributed by atoms with E-state index in [1.54, 1.807) is 10.5 Å². The first-order chi connectivity index (χ1) is 10.8. The van der Waals surface area contributed by atoms with Crippen molar-refractivity contribution < 1.29 is 17.2 Å². The van der Waals surface area contributed by atoms with Gasteiger partial charge in [-0.15, -0.1) is 0 Å². The molecule has 2 heterocycles. The zero-order valence-electron chi connectivity index (χ0n) is 12.4. The summed E-state index contributed by atoms with van der Waals surface area (Å²) in [6, 6.07) is 8.69. The van der Waals surface area contributed by atoms with Crippen molar-refractivity contribution in [3.05, 3.63) is 59.8 Å². The van der Waals surface area contributed by atoms with Crippen molar-refractivity contribution in [1.29, 1.82) is 0 Å². The van der Waals surface area contributed by atoms with Gasteiger partial charge in [0.2, 0.25) is 0 Å². The van der Waals surface area contributed by atoms with E-state index >= 15 is 0 Å². The van der Waals surface area contributed by atoms with Gasteiger partial charge < -0.3 is 4.40 Å². The van der Waals surface area contributed by atoms with Gasteiger partial charge >= 0.3 is 0 Å². The van der Waals surface area contributed by atoms with E-state index in [1.807, 2.05) is 13.0 Å². The van der Waals surface area contributed by atoms with Crippen LogP contribution in [0.15, 0.2) is 57.4 Å². The van der Waals surface area contributed by atoms with E-state index in [9.17, 15) is 17.2 Å². The Kier molecular flexibility index (Phi) is 3.93. The summed E-state index contributed by atoms with van der Waals surface area (Å²) in [4.78, 5) is 0.215. The van der Waals surface area contributed by atoms with Crippen molar-refractivity contribution in [2.24, 2.45) is 0 Å². The maximum Gasteiger partial charge on any atom is 0.175 e. The summed E-state index contributed by atoms with van der Waals surface area (Å²) in [5.74, 6) is -1.01. The summed E-state index contributed by atoms with van der Waals surface area (Å²) in [5, 5.41) is 0.686. The molecule has 0 saturated carbocycles. The fourth-order valence-corrected chi connectivity index (χ4v) is 3.89. The van der Waals surface area contributed by atoms with Gasteiger partial charge in [-0.25, -0.2) is 17.2 Å². The normalized spacial score (nSPS) is 12.0.